The number of Topliss-reactive ketones (excluding diaryl/α,β-unsaturated/α-hetero) is 1. The van der Waals surface area contributed by atoms with Crippen molar-refractivity contribution >= 4 is 17.4 Å². The zero-order chi connectivity index (χ0) is 18.0. The van der Waals surface area contributed by atoms with Crippen LogP contribution in [0, 0.1) is 5.92 Å². The Bertz CT molecular complexity index is 810. The topological polar surface area (TPSA) is 57.6 Å². The summed E-state index contributed by atoms with van der Waals surface area (Å²) in [7, 11) is 0. The number of amides is 1. The Morgan fingerprint density at radius 3 is 2.12 bits per heavy atom. The zero-order valence-electron chi connectivity index (χ0n) is 14.3. The summed E-state index contributed by atoms with van der Waals surface area (Å²) in [6.07, 6.45) is 0. The predicted molar refractivity (Wildman–Crippen MR) is 96.6 cm³/mol. The van der Waals surface area contributed by atoms with E-state index < -0.39 is 11.9 Å². The van der Waals surface area contributed by atoms with Crippen LogP contribution in [0.25, 0.3) is 5.76 Å². The minimum Gasteiger partial charge on any atom is -0.506 e. The largest absolute Gasteiger partial charge is 0.506 e. The van der Waals surface area contributed by atoms with Gasteiger partial charge in [-0.25, -0.2) is 0 Å². The SMILES string of the molecule is CC(C)[C@H]1C(=O)/C(=C(\O)c2ccccc2)C(=O)N1Cc1ccccc1. The van der Waals surface area contributed by atoms with Crippen molar-refractivity contribution in [2.75, 3.05) is 0 Å². The summed E-state index contributed by atoms with van der Waals surface area (Å²) in [6, 6.07) is 17.7. The van der Waals surface area contributed by atoms with E-state index in [0.717, 1.165) is 5.56 Å². The van der Waals surface area contributed by atoms with Crippen LogP contribution in [-0.2, 0) is 16.1 Å². The number of benzene rings is 2. The number of aliphatic hydroxyl groups is 1. The molecular formula is C21H21NO3. The first-order valence-electron chi connectivity index (χ1n) is 8.38. The maximum Gasteiger partial charge on any atom is 0.262 e. The average molecular weight is 335 g/mol. The number of hydrogen-bond donors (Lipinski definition) is 1. The van der Waals surface area contributed by atoms with Crippen LogP contribution in [0.15, 0.2) is 66.2 Å². The van der Waals surface area contributed by atoms with Crippen LogP contribution in [0.2, 0.25) is 0 Å². The van der Waals surface area contributed by atoms with Gasteiger partial charge in [-0.3, -0.25) is 9.59 Å². The first-order valence-corrected chi connectivity index (χ1v) is 8.38. The van der Waals surface area contributed by atoms with Crippen molar-refractivity contribution in [1.29, 1.82) is 0 Å². The number of nitrogens with zero attached hydrogens (tertiary/aromatic N) is 1. The van der Waals surface area contributed by atoms with E-state index in [9.17, 15) is 14.7 Å². The monoisotopic (exact) mass is 335 g/mol. The van der Waals surface area contributed by atoms with E-state index in [0.29, 0.717) is 12.1 Å². The highest BCUT2D eigenvalue weighted by atomic mass is 16.3. The highest BCUT2D eigenvalue weighted by Gasteiger charge is 2.46. The maximum atomic E-state index is 12.9. The van der Waals surface area contributed by atoms with Crippen molar-refractivity contribution in [2.45, 2.75) is 26.4 Å². The summed E-state index contributed by atoms with van der Waals surface area (Å²) in [5.41, 5.74) is 1.32. The molecule has 1 N–H and O–H groups in total. The molecule has 4 nitrogen and oxygen atoms in total. The molecule has 1 amide bonds. The molecule has 0 radical (unpaired) electrons. The smallest absolute Gasteiger partial charge is 0.262 e. The van der Waals surface area contributed by atoms with Gasteiger partial charge >= 0.3 is 0 Å². The fourth-order valence-corrected chi connectivity index (χ4v) is 3.24. The number of carbonyl (C=O) groups is 2. The molecule has 0 bridgehead atoms. The minimum atomic E-state index is -0.562. The molecule has 1 atom stereocenters. The molecule has 128 valence electrons. The molecule has 0 saturated carbocycles. The van der Waals surface area contributed by atoms with Gasteiger partial charge in [0, 0.05) is 12.1 Å². The van der Waals surface area contributed by atoms with Crippen molar-refractivity contribution in [3.63, 3.8) is 0 Å². The minimum absolute atomic E-state index is 0.0405. The quantitative estimate of drug-likeness (QED) is 0.528. The van der Waals surface area contributed by atoms with Gasteiger partial charge in [-0.15, -0.1) is 0 Å². The molecule has 1 aliphatic heterocycles. The van der Waals surface area contributed by atoms with Crippen LogP contribution in [-0.4, -0.2) is 27.7 Å². The fourth-order valence-electron chi connectivity index (χ4n) is 3.24. The number of carbonyl (C=O) groups excluding carboxylic acids is 2. The fraction of sp³-hybridized carbons (Fsp3) is 0.238. The Labute approximate surface area is 147 Å². The highest BCUT2D eigenvalue weighted by Crippen LogP contribution is 2.31. The number of rotatable bonds is 4. The average Bonchev–Trinajstić information content (AvgIpc) is 2.86. The highest BCUT2D eigenvalue weighted by molar-refractivity contribution is 6.30. The first kappa shape index (κ1) is 17.0. The first-order chi connectivity index (χ1) is 12.0. The number of ketones is 1. The molecule has 3 rings (SSSR count). The Morgan fingerprint density at radius 1 is 1.00 bits per heavy atom. The Balaban J connectivity index is 2.02. The molecule has 4 heteroatoms. The van der Waals surface area contributed by atoms with E-state index in [-0.39, 0.29) is 23.0 Å². The second kappa shape index (κ2) is 6.93. The van der Waals surface area contributed by atoms with Gasteiger partial charge in [0.25, 0.3) is 5.91 Å². The molecule has 2 aromatic rings. The summed E-state index contributed by atoms with van der Waals surface area (Å²) in [5.74, 6) is -0.996. The Hall–Kier alpha value is -2.88. The van der Waals surface area contributed by atoms with Crippen molar-refractivity contribution < 1.29 is 14.7 Å². The number of hydrogen-bond acceptors (Lipinski definition) is 3. The van der Waals surface area contributed by atoms with E-state index in [1.165, 1.54) is 0 Å². The second-order valence-corrected chi connectivity index (χ2v) is 6.56. The van der Waals surface area contributed by atoms with Gasteiger partial charge in [0.2, 0.25) is 0 Å². The zero-order valence-corrected chi connectivity index (χ0v) is 14.3. The van der Waals surface area contributed by atoms with Crippen LogP contribution in [0.5, 0.6) is 0 Å². The van der Waals surface area contributed by atoms with E-state index in [4.69, 9.17) is 0 Å². The lowest BCUT2D eigenvalue weighted by molar-refractivity contribution is -0.128. The van der Waals surface area contributed by atoms with Gasteiger partial charge < -0.3 is 10.0 Å². The Morgan fingerprint density at radius 2 is 1.56 bits per heavy atom. The Kier molecular flexibility index (Phi) is 4.70. The summed E-state index contributed by atoms with van der Waals surface area (Å²) < 4.78 is 0. The molecule has 1 fully saturated rings. The van der Waals surface area contributed by atoms with Crippen molar-refractivity contribution in [3.05, 3.63) is 77.4 Å². The molecule has 0 aromatic heterocycles. The van der Waals surface area contributed by atoms with E-state index >= 15 is 0 Å². The summed E-state index contributed by atoms with van der Waals surface area (Å²) in [4.78, 5) is 27.4. The van der Waals surface area contributed by atoms with Crippen LogP contribution in [0.1, 0.15) is 25.0 Å². The van der Waals surface area contributed by atoms with Gasteiger partial charge in [-0.1, -0.05) is 74.5 Å². The molecule has 1 aliphatic rings. The summed E-state index contributed by atoms with van der Waals surface area (Å²) in [6.45, 7) is 4.17. The maximum absolute atomic E-state index is 12.9. The molecule has 0 spiro atoms. The van der Waals surface area contributed by atoms with Gasteiger partial charge in [-0.2, -0.15) is 0 Å². The van der Waals surface area contributed by atoms with Gasteiger partial charge in [0.1, 0.15) is 11.3 Å². The number of aliphatic hydroxyl groups excluding tert-OH is 1. The van der Waals surface area contributed by atoms with Crippen molar-refractivity contribution in [1.82, 2.24) is 4.90 Å². The van der Waals surface area contributed by atoms with Crippen molar-refractivity contribution in [3.8, 4) is 0 Å². The van der Waals surface area contributed by atoms with Crippen LogP contribution in [0.3, 0.4) is 0 Å². The van der Waals surface area contributed by atoms with Crippen LogP contribution < -0.4 is 0 Å². The molecular weight excluding hydrogens is 314 g/mol. The van der Waals surface area contributed by atoms with Crippen LogP contribution >= 0.6 is 0 Å². The molecule has 1 heterocycles. The molecule has 2 aromatic carbocycles. The third-order valence-electron chi connectivity index (χ3n) is 4.44. The van der Waals surface area contributed by atoms with Gasteiger partial charge in [0.15, 0.2) is 5.78 Å². The third-order valence-corrected chi connectivity index (χ3v) is 4.44. The molecule has 25 heavy (non-hydrogen) atoms. The van der Waals surface area contributed by atoms with E-state index in [1.54, 1.807) is 29.2 Å². The predicted octanol–water partition coefficient (Wildman–Crippen LogP) is 3.59. The van der Waals surface area contributed by atoms with E-state index in [1.807, 2.05) is 50.2 Å². The molecule has 1 saturated heterocycles. The van der Waals surface area contributed by atoms with Crippen molar-refractivity contribution in [2.24, 2.45) is 5.92 Å². The summed E-state index contributed by atoms with van der Waals surface area (Å²) in [5, 5.41) is 10.6. The van der Waals surface area contributed by atoms with Gasteiger partial charge in [-0.05, 0) is 11.5 Å². The second-order valence-electron chi connectivity index (χ2n) is 6.56. The van der Waals surface area contributed by atoms with Crippen LogP contribution in [0.4, 0.5) is 0 Å². The lowest BCUT2D eigenvalue weighted by Gasteiger charge is -2.25. The third kappa shape index (κ3) is 3.20. The number of likely N-dealkylation sites (tertiary alicyclic amines) is 1. The van der Waals surface area contributed by atoms with E-state index in [2.05, 4.69) is 0 Å². The normalized spacial score (nSPS) is 19.6. The lowest BCUT2D eigenvalue weighted by Crippen LogP contribution is -2.38. The lowest BCUT2D eigenvalue weighted by atomic mass is 9.97. The van der Waals surface area contributed by atoms with Gasteiger partial charge in [0.05, 0.1) is 6.04 Å². The molecule has 0 unspecified atom stereocenters. The standard InChI is InChI=1S/C21H21NO3/c1-14(2)18-20(24)17(19(23)16-11-7-4-8-12-16)21(25)22(18)13-15-9-5-3-6-10-15/h3-12,14,18,23H,13H2,1-2H3/b19-17+/t18-/m0/s1. The summed E-state index contributed by atoms with van der Waals surface area (Å²) >= 11 is 0. The molecule has 0 aliphatic carbocycles.